The van der Waals surface area contributed by atoms with Gasteiger partial charge in [-0.2, -0.15) is 0 Å². The van der Waals surface area contributed by atoms with Crippen LogP contribution in [0.25, 0.3) is 0 Å². The Kier molecular flexibility index (Phi) is 2.99. The van der Waals surface area contributed by atoms with E-state index in [0.29, 0.717) is 17.8 Å². The molecule has 0 aromatic rings. The Morgan fingerprint density at radius 2 is 2.10 bits per heavy atom. The van der Waals surface area contributed by atoms with Crippen LogP contribution < -0.4 is 0 Å². The van der Waals surface area contributed by atoms with E-state index in [1.54, 1.807) is 19.9 Å². The molecule has 4 atom stereocenters. The lowest BCUT2D eigenvalue weighted by Crippen LogP contribution is -2.45. The first-order chi connectivity index (χ1) is 9.76. The SMILES string of the molecule is CC(=O)[C@@H]1C2=C(C)C(O)OC2=CC2=CC(=O)C[C@H](C)[C@]21C. The Balaban J connectivity index is 2.29. The highest BCUT2D eigenvalue weighted by Crippen LogP contribution is 2.57. The van der Waals surface area contributed by atoms with Gasteiger partial charge in [-0.25, -0.2) is 0 Å². The van der Waals surface area contributed by atoms with Gasteiger partial charge in [0.15, 0.2) is 5.78 Å². The molecule has 112 valence electrons. The van der Waals surface area contributed by atoms with Crippen LogP contribution in [-0.2, 0) is 14.3 Å². The van der Waals surface area contributed by atoms with Gasteiger partial charge in [-0.3, -0.25) is 9.59 Å². The maximum Gasteiger partial charge on any atom is 0.220 e. The van der Waals surface area contributed by atoms with Crippen LogP contribution in [0.4, 0.5) is 0 Å². The van der Waals surface area contributed by atoms with Crippen molar-refractivity contribution in [3.63, 3.8) is 0 Å². The Labute approximate surface area is 124 Å². The van der Waals surface area contributed by atoms with Gasteiger partial charge in [0, 0.05) is 23.0 Å². The average molecular weight is 288 g/mol. The number of carbonyl (C=O) groups excluding carboxylic acids is 2. The molecule has 0 amide bonds. The van der Waals surface area contributed by atoms with Crippen molar-refractivity contribution in [1.82, 2.24) is 0 Å². The van der Waals surface area contributed by atoms with E-state index < -0.39 is 11.7 Å². The van der Waals surface area contributed by atoms with Crippen LogP contribution >= 0.6 is 0 Å². The van der Waals surface area contributed by atoms with Crippen LogP contribution in [-0.4, -0.2) is 23.0 Å². The van der Waals surface area contributed by atoms with Gasteiger partial charge in [-0.1, -0.05) is 13.8 Å². The second-order valence-electron chi connectivity index (χ2n) is 6.57. The van der Waals surface area contributed by atoms with Crippen molar-refractivity contribution in [2.24, 2.45) is 17.3 Å². The van der Waals surface area contributed by atoms with Crippen LogP contribution in [0, 0.1) is 17.3 Å². The number of allylic oxidation sites excluding steroid dienone is 4. The minimum atomic E-state index is -0.997. The standard InChI is InChI=1S/C17H20O4/c1-8-5-12(19)6-11-7-13-14(9(2)16(20)21-13)15(10(3)18)17(8,11)4/h6-8,15-16,20H,5H2,1-4H3/t8-,15+,16?,17+/m0/s1. The molecule has 0 aromatic heterocycles. The van der Waals surface area contributed by atoms with Gasteiger partial charge in [-0.05, 0) is 37.5 Å². The van der Waals surface area contributed by atoms with Gasteiger partial charge >= 0.3 is 0 Å². The summed E-state index contributed by atoms with van der Waals surface area (Å²) < 4.78 is 5.46. The van der Waals surface area contributed by atoms with E-state index >= 15 is 0 Å². The number of aliphatic hydroxyl groups excluding tert-OH is 1. The van der Waals surface area contributed by atoms with Gasteiger partial charge in [0.05, 0.1) is 5.92 Å². The summed E-state index contributed by atoms with van der Waals surface area (Å²) in [5.41, 5.74) is 1.92. The van der Waals surface area contributed by atoms with Gasteiger partial charge in [0.2, 0.25) is 6.29 Å². The molecular weight excluding hydrogens is 268 g/mol. The van der Waals surface area contributed by atoms with E-state index in [1.807, 2.05) is 19.9 Å². The molecule has 0 bridgehead atoms. The van der Waals surface area contributed by atoms with Crippen LogP contribution in [0.5, 0.6) is 0 Å². The minimum Gasteiger partial charge on any atom is -0.461 e. The lowest BCUT2D eigenvalue weighted by Gasteiger charge is -2.47. The van der Waals surface area contributed by atoms with E-state index in [0.717, 1.165) is 11.1 Å². The van der Waals surface area contributed by atoms with Gasteiger partial charge in [0.25, 0.3) is 0 Å². The lowest BCUT2D eigenvalue weighted by atomic mass is 9.54. The van der Waals surface area contributed by atoms with Crippen molar-refractivity contribution < 1.29 is 19.4 Å². The van der Waals surface area contributed by atoms with E-state index in [2.05, 4.69) is 0 Å². The third kappa shape index (κ3) is 1.78. The molecule has 3 aliphatic rings. The average Bonchev–Trinajstić information content (AvgIpc) is 2.64. The van der Waals surface area contributed by atoms with Crippen molar-refractivity contribution in [2.45, 2.75) is 40.4 Å². The predicted molar refractivity (Wildman–Crippen MR) is 77.0 cm³/mol. The number of ketones is 2. The summed E-state index contributed by atoms with van der Waals surface area (Å²) in [7, 11) is 0. The highest BCUT2D eigenvalue weighted by Gasteiger charge is 2.53. The van der Waals surface area contributed by atoms with E-state index in [1.165, 1.54) is 0 Å². The predicted octanol–water partition coefficient (Wildman–Crippen LogP) is 2.30. The zero-order valence-corrected chi connectivity index (χ0v) is 12.8. The molecule has 2 aliphatic carbocycles. The first kappa shape index (κ1) is 14.3. The summed E-state index contributed by atoms with van der Waals surface area (Å²) >= 11 is 0. The summed E-state index contributed by atoms with van der Waals surface area (Å²) in [6, 6.07) is 0. The molecule has 1 N–H and O–H groups in total. The summed E-state index contributed by atoms with van der Waals surface area (Å²) in [5, 5.41) is 9.94. The Morgan fingerprint density at radius 1 is 1.43 bits per heavy atom. The molecular formula is C17H20O4. The quantitative estimate of drug-likeness (QED) is 0.804. The Morgan fingerprint density at radius 3 is 2.71 bits per heavy atom. The van der Waals surface area contributed by atoms with Crippen molar-refractivity contribution in [3.05, 3.63) is 34.6 Å². The molecule has 0 fully saturated rings. The fourth-order valence-corrected chi connectivity index (χ4v) is 3.98. The van der Waals surface area contributed by atoms with E-state index in [4.69, 9.17) is 4.74 Å². The number of ether oxygens (including phenoxy) is 1. The smallest absolute Gasteiger partial charge is 0.220 e. The van der Waals surface area contributed by atoms with Gasteiger partial charge in [-0.15, -0.1) is 0 Å². The second kappa shape index (κ2) is 4.41. The van der Waals surface area contributed by atoms with Gasteiger partial charge < -0.3 is 9.84 Å². The fourth-order valence-electron chi connectivity index (χ4n) is 3.98. The Hall–Kier alpha value is -1.68. The molecule has 4 heteroatoms. The summed E-state index contributed by atoms with van der Waals surface area (Å²) in [4.78, 5) is 24.2. The lowest BCUT2D eigenvalue weighted by molar-refractivity contribution is -0.126. The molecule has 0 spiro atoms. The van der Waals surface area contributed by atoms with Crippen LogP contribution in [0.2, 0.25) is 0 Å². The molecule has 0 saturated carbocycles. The fraction of sp³-hybridized carbons (Fsp3) is 0.529. The highest BCUT2D eigenvalue weighted by molar-refractivity contribution is 5.94. The topological polar surface area (TPSA) is 63.6 Å². The minimum absolute atomic E-state index is 0.0437. The van der Waals surface area contributed by atoms with Crippen molar-refractivity contribution >= 4 is 11.6 Å². The summed E-state index contributed by atoms with van der Waals surface area (Å²) in [6.07, 6.45) is 2.90. The number of hydrogen-bond acceptors (Lipinski definition) is 4. The van der Waals surface area contributed by atoms with Crippen LogP contribution in [0.3, 0.4) is 0 Å². The molecule has 1 unspecified atom stereocenters. The third-order valence-electron chi connectivity index (χ3n) is 5.35. The molecule has 0 aromatic carbocycles. The monoisotopic (exact) mass is 288 g/mol. The maximum atomic E-state index is 12.4. The second-order valence-corrected chi connectivity index (χ2v) is 6.57. The summed E-state index contributed by atoms with van der Waals surface area (Å²) in [5.74, 6) is 0.351. The van der Waals surface area contributed by atoms with Crippen molar-refractivity contribution in [3.8, 4) is 0 Å². The van der Waals surface area contributed by atoms with E-state index in [-0.39, 0.29) is 23.4 Å². The molecule has 1 heterocycles. The number of aliphatic hydroxyl groups is 1. The molecule has 21 heavy (non-hydrogen) atoms. The third-order valence-corrected chi connectivity index (χ3v) is 5.35. The van der Waals surface area contributed by atoms with Crippen molar-refractivity contribution in [2.75, 3.05) is 0 Å². The Bertz CT molecular complexity index is 637. The largest absolute Gasteiger partial charge is 0.461 e. The van der Waals surface area contributed by atoms with Gasteiger partial charge in [0.1, 0.15) is 11.5 Å². The normalized spacial score (nSPS) is 38.3. The molecule has 0 radical (unpaired) electrons. The first-order valence-corrected chi connectivity index (χ1v) is 7.29. The highest BCUT2D eigenvalue weighted by atomic mass is 16.6. The molecule has 3 rings (SSSR count). The maximum absolute atomic E-state index is 12.4. The molecule has 0 saturated heterocycles. The zero-order chi connectivity index (χ0) is 15.5. The number of carbonyl (C=O) groups is 2. The first-order valence-electron chi connectivity index (χ1n) is 7.29. The summed E-state index contributed by atoms with van der Waals surface area (Å²) in [6.45, 7) is 7.43. The zero-order valence-electron chi connectivity index (χ0n) is 12.8. The van der Waals surface area contributed by atoms with E-state index in [9.17, 15) is 14.7 Å². The van der Waals surface area contributed by atoms with Crippen LogP contribution in [0.1, 0.15) is 34.1 Å². The number of hydrogen-bond donors (Lipinski definition) is 1. The molecule has 4 nitrogen and oxygen atoms in total. The number of rotatable bonds is 1. The number of Topliss-reactive ketones (excluding diaryl/α,β-unsaturated/α-hetero) is 1. The molecule has 1 aliphatic heterocycles. The van der Waals surface area contributed by atoms with Crippen LogP contribution in [0.15, 0.2) is 34.6 Å². The number of fused-ring (bicyclic) bond motifs is 2. The van der Waals surface area contributed by atoms with Crippen molar-refractivity contribution in [1.29, 1.82) is 0 Å².